The summed E-state index contributed by atoms with van der Waals surface area (Å²) < 4.78 is 8.06. The average Bonchev–Trinajstić information content (AvgIpc) is 3.47. The zero-order valence-electron chi connectivity index (χ0n) is 17.2. The van der Waals surface area contributed by atoms with Gasteiger partial charge in [0.05, 0.1) is 11.9 Å². The molecule has 0 atom stereocenters. The molecule has 7 nitrogen and oxygen atoms in total. The van der Waals surface area contributed by atoms with Gasteiger partial charge in [-0.25, -0.2) is 9.59 Å². The van der Waals surface area contributed by atoms with Gasteiger partial charge in [0.25, 0.3) is 5.56 Å². The van der Waals surface area contributed by atoms with Crippen LogP contribution >= 0.6 is 11.3 Å². The molecule has 0 bridgehead atoms. The van der Waals surface area contributed by atoms with Gasteiger partial charge in [-0.2, -0.15) is 0 Å². The first-order chi connectivity index (χ1) is 15.5. The van der Waals surface area contributed by atoms with Crippen LogP contribution in [0, 0.1) is 0 Å². The van der Waals surface area contributed by atoms with Gasteiger partial charge < -0.3 is 9.72 Å². The van der Waals surface area contributed by atoms with Gasteiger partial charge in [0.15, 0.2) is 0 Å². The van der Waals surface area contributed by atoms with Crippen molar-refractivity contribution >= 4 is 38.4 Å². The molecule has 5 rings (SSSR count). The molecule has 0 saturated carbocycles. The minimum absolute atomic E-state index is 0.116. The standard InChI is InChI=1S/C24H19N3O4S/c1-26-22-18(21(28)27(24(26)30)13-15-5-3-2-4-6-15)12-20(32-22)23(29)31-14-16-7-8-19-17(11-16)9-10-25-19/h2-12,25H,13-14H2,1H3. The van der Waals surface area contributed by atoms with Gasteiger partial charge in [-0.05, 0) is 40.8 Å². The van der Waals surface area contributed by atoms with Gasteiger partial charge in [0.1, 0.15) is 16.3 Å². The highest BCUT2D eigenvalue weighted by Crippen LogP contribution is 2.23. The van der Waals surface area contributed by atoms with E-state index < -0.39 is 17.2 Å². The fraction of sp³-hybridized carbons (Fsp3) is 0.125. The van der Waals surface area contributed by atoms with Gasteiger partial charge in [-0.15, -0.1) is 11.3 Å². The number of H-pyrrole nitrogens is 1. The molecule has 2 aromatic carbocycles. The van der Waals surface area contributed by atoms with E-state index in [9.17, 15) is 14.4 Å². The van der Waals surface area contributed by atoms with Crippen molar-refractivity contribution in [3.63, 3.8) is 0 Å². The Bertz CT molecular complexity index is 1570. The Labute approximate surface area is 186 Å². The predicted molar refractivity (Wildman–Crippen MR) is 124 cm³/mol. The molecule has 0 aliphatic carbocycles. The zero-order chi connectivity index (χ0) is 22.2. The summed E-state index contributed by atoms with van der Waals surface area (Å²) in [5, 5.41) is 1.36. The number of rotatable bonds is 5. The summed E-state index contributed by atoms with van der Waals surface area (Å²) in [7, 11) is 1.60. The molecule has 3 aromatic heterocycles. The maximum absolute atomic E-state index is 13.0. The first-order valence-electron chi connectivity index (χ1n) is 10.0. The Kier molecular flexibility index (Phi) is 4.99. The van der Waals surface area contributed by atoms with Gasteiger partial charge in [-0.3, -0.25) is 13.9 Å². The van der Waals surface area contributed by atoms with Crippen molar-refractivity contribution in [1.82, 2.24) is 14.1 Å². The van der Waals surface area contributed by atoms with Crippen LogP contribution in [0.5, 0.6) is 0 Å². The molecule has 0 aliphatic rings. The highest BCUT2D eigenvalue weighted by atomic mass is 32.1. The fourth-order valence-electron chi connectivity index (χ4n) is 3.70. The SMILES string of the molecule is Cn1c(=O)n(Cc2ccccc2)c(=O)c2cc(C(=O)OCc3ccc4[nH]ccc4c3)sc21. The van der Waals surface area contributed by atoms with Crippen LogP contribution in [-0.4, -0.2) is 20.1 Å². The molecule has 0 aliphatic heterocycles. The van der Waals surface area contributed by atoms with Crippen molar-refractivity contribution < 1.29 is 9.53 Å². The third kappa shape index (κ3) is 3.54. The molecule has 0 saturated heterocycles. The fourth-order valence-corrected chi connectivity index (χ4v) is 4.70. The molecule has 0 unspecified atom stereocenters. The Balaban J connectivity index is 1.43. The van der Waals surface area contributed by atoms with Gasteiger partial charge >= 0.3 is 11.7 Å². The number of carbonyl (C=O) groups excluding carboxylic acids is 1. The number of hydrogen-bond acceptors (Lipinski definition) is 5. The van der Waals surface area contributed by atoms with Gasteiger partial charge in [0.2, 0.25) is 0 Å². The summed E-state index contributed by atoms with van der Waals surface area (Å²) in [6.45, 7) is 0.283. The maximum Gasteiger partial charge on any atom is 0.348 e. The highest BCUT2D eigenvalue weighted by Gasteiger charge is 2.19. The molecule has 3 heterocycles. The number of ether oxygens (including phenoxy) is 1. The molecular weight excluding hydrogens is 426 g/mol. The van der Waals surface area contributed by atoms with E-state index in [1.165, 1.54) is 15.2 Å². The Morgan fingerprint density at radius 3 is 2.66 bits per heavy atom. The zero-order valence-corrected chi connectivity index (χ0v) is 18.0. The normalized spacial score (nSPS) is 11.3. The number of aromatic nitrogens is 3. The van der Waals surface area contributed by atoms with Crippen LogP contribution in [0.4, 0.5) is 0 Å². The summed E-state index contributed by atoms with van der Waals surface area (Å²) in [6, 6.07) is 18.6. The molecule has 0 radical (unpaired) electrons. The Morgan fingerprint density at radius 2 is 1.84 bits per heavy atom. The molecule has 0 spiro atoms. The average molecular weight is 446 g/mol. The Hall–Kier alpha value is -3.91. The first-order valence-corrected chi connectivity index (χ1v) is 10.8. The summed E-state index contributed by atoms with van der Waals surface area (Å²) in [6.07, 6.45) is 1.85. The van der Waals surface area contributed by atoms with Crippen molar-refractivity contribution in [3.05, 3.63) is 104 Å². The second-order valence-corrected chi connectivity index (χ2v) is 8.55. The van der Waals surface area contributed by atoms with Crippen molar-refractivity contribution in [2.24, 2.45) is 7.05 Å². The number of esters is 1. The quantitative estimate of drug-likeness (QED) is 0.419. The summed E-state index contributed by atoms with van der Waals surface area (Å²) in [5.74, 6) is -0.526. The lowest BCUT2D eigenvalue weighted by Crippen LogP contribution is -2.38. The summed E-state index contributed by atoms with van der Waals surface area (Å²) >= 11 is 1.08. The largest absolute Gasteiger partial charge is 0.457 e. The minimum atomic E-state index is -0.526. The summed E-state index contributed by atoms with van der Waals surface area (Å²) in [4.78, 5) is 42.3. The molecule has 1 N–H and O–H groups in total. The number of fused-ring (bicyclic) bond motifs is 2. The van der Waals surface area contributed by atoms with E-state index in [0.717, 1.165) is 33.4 Å². The van der Waals surface area contributed by atoms with E-state index in [-0.39, 0.29) is 18.0 Å². The van der Waals surface area contributed by atoms with Crippen molar-refractivity contribution in [1.29, 1.82) is 0 Å². The number of hydrogen-bond donors (Lipinski definition) is 1. The maximum atomic E-state index is 13.0. The number of thiophene rings is 1. The van der Waals surface area contributed by atoms with E-state index in [1.54, 1.807) is 7.05 Å². The van der Waals surface area contributed by atoms with E-state index in [4.69, 9.17) is 4.74 Å². The van der Waals surface area contributed by atoms with Crippen LogP contribution in [0.3, 0.4) is 0 Å². The molecule has 32 heavy (non-hydrogen) atoms. The number of aromatic amines is 1. The van der Waals surface area contributed by atoms with E-state index >= 15 is 0 Å². The lowest BCUT2D eigenvalue weighted by atomic mass is 10.2. The smallest absolute Gasteiger partial charge is 0.348 e. The van der Waals surface area contributed by atoms with Crippen LogP contribution in [0.1, 0.15) is 20.8 Å². The number of benzene rings is 2. The van der Waals surface area contributed by atoms with Crippen LogP contribution in [0.2, 0.25) is 0 Å². The van der Waals surface area contributed by atoms with Crippen LogP contribution < -0.4 is 11.2 Å². The molecule has 5 aromatic rings. The second-order valence-electron chi connectivity index (χ2n) is 7.52. The lowest BCUT2D eigenvalue weighted by Gasteiger charge is -2.08. The number of aryl methyl sites for hydroxylation is 1. The second kappa shape index (κ2) is 7.97. The predicted octanol–water partition coefficient (Wildman–Crippen LogP) is 3.65. The third-order valence-electron chi connectivity index (χ3n) is 5.38. The molecular formula is C24H19N3O4S. The molecule has 0 fully saturated rings. The number of nitrogens with one attached hydrogen (secondary N) is 1. The minimum Gasteiger partial charge on any atom is -0.457 e. The molecule has 8 heteroatoms. The third-order valence-corrected chi connectivity index (χ3v) is 6.57. The van der Waals surface area contributed by atoms with Gasteiger partial charge in [-0.1, -0.05) is 36.4 Å². The number of carbonyl (C=O) groups is 1. The molecule has 160 valence electrons. The van der Waals surface area contributed by atoms with Crippen LogP contribution in [0.15, 0.2) is 76.4 Å². The van der Waals surface area contributed by atoms with Crippen molar-refractivity contribution in [2.45, 2.75) is 13.2 Å². The first kappa shape index (κ1) is 20.0. The van der Waals surface area contributed by atoms with Crippen molar-refractivity contribution in [3.8, 4) is 0 Å². The van der Waals surface area contributed by atoms with E-state index in [0.29, 0.717) is 10.2 Å². The molecule has 0 amide bonds. The van der Waals surface area contributed by atoms with Crippen LogP contribution in [0.25, 0.3) is 21.1 Å². The van der Waals surface area contributed by atoms with Crippen molar-refractivity contribution in [2.75, 3.05) is 0 Å². The van der Waals surface area contributed by atoms with Gasteiger partial charge in [0, 0.05) is 18.8 Å². The number of nitrogens with zero attached hydrogens (tertiary/aromatic N) is 2. The lowest BCUT2D eigenvalue weighted by molar-refractivity contribution is 0.0479. The van der Waals surface area contributed by atoms with E-state index in [2.05, 4.69) is 4.98 Å². The highest BCUT2D eigenvalue weighted by molar-refractivity contribution is 7.20. The van der Waals surface area contributed by atoms with E-state index in [1.807, 2.05) is 60.8 Å². The summed E-state index contributed by atoms with van der Waals surface area (Å²) in [5.41, 5.74) is 1.88. The topological polar surface area (TPSA) is 86.1 Å². The Morgan fingerprint density at radius 1 is 1.03 bits per heavy atom. The van der Waals surface area contributed by atoms with Crippen LogP contribution in [-0.2, 0) is 24.9 Å². The monoisotopic (exact) mass is 445 g/mol.